The van der Waals surface area contributed by atoms with Gasteiger partial charge in [-0.2, -0.15) is 4.98 Å². The summed E-state index contributed by atoms with van der Waals surface area (Å²) in [5.74, 6) is 0.556. The Morgan fingerprint density at radius 2 is 2.05 bits per heavy atom. The lowest BCUT2D eigenvalue weighted by Crippen LogP contribution is -2.45. The first kappa shape index (κ1) is 17.1. The van der Waals surface area contributed by atoms with Crippen LogP contribution in [0.3, 0.4) is 0 Å². The maximum atomic E-state index is 11.3. The molecule has 0 bridgehead atoms. The van der Waals surface area contributed by atoms with E-state index in [0.717, 1.165) is 6.42 Å². The number of anilines is 2. The van der Waals surface area contributed by atoms with E-state index in [9.17, 15) is 15.2 Å². The SMILES string of the molecule is CCCNc1nc(C)c([N+](=O)[O-])c(N(C)C(C)(C)CO)n1. The van der Waals surface area contributed by atoms with Crippen molar-refractivity contribution in [1.82, 2.24) is 9.97 Å². The lowest BCUT2D eigenvalue weighted by Gasteiger charge is -2.34. The maximum Gasteiger partial charge on any atom is 0.332 e. The zero-order valence-corrected chi connectivity index (χ0v) is 13.2. The largest absolute Gasteiger partial charge is 0.394 e. The molecule has 0 saturated heterocycles. The summed E-state index contributed by atoms with van der Waals surface area (Å²) in [5, 5.41) is 23.8. The molecule has 1 aromatic rings. The van der Waals surface area contributed by atoms with Crippen molar-refractivity contribution < 1.29 is 10.0 Å². The summed E-state index contributed by atoms with van der Waals surface area (Å²) >= 11 is 0. The van der Waals surface area contributed by atoms with E-state index < -0.39 is 10.5 Å². The quantitative estimate of drug-likeness (QED) is 0.583. The zero-order valence-electron chi connectivity index (χ0n) is 13.2. The molecule has 1 aromatic heterocycles. The summed E-state index contributed by atoms with van der Waals surface area (Å²) in [7, 11) is 1.68. The van der Waals surface area contributed by atoms with Gasteiger partial charge >= 0.3 is 5.69 Å². The Morgan fingerprint density at radius 3 is 2.52 bits per heavy atom. The van der Waals surface area contributed by atoms with Gasteiger partial charge in [-0.05, 0) is 27.2 Å². The van der Waals surface area contributed by atoms with Crippen LogP contribution in [0.2, 0.25) is 0 Å². The van der Waals surface area contributed by atoms with Gasteiger partial charge in [0, 0.05) is 13.6 Å². The van der Waals surface area contributed by atoms with Crippen molar-refractivity contribution in [1.29, 1.82) is 0 Å². The molecule has 8 nitrogen and oxygen atoms in total. The topological polar surface area (TPSA) is 104 Å². The molecule has 0 amide bonds. The van der Waals surface area contributed by atoms with E-state index in [2.05, 4.69) is 15.3 Å². The van der Waals surface area contributed by atoms with Gasteiger partial charge < -0.3 is 15.3 Å². The van der Waals surface area contributed by atoms with E-state index >= 15 is 0 Å². The Kier molecular flexibility index (Phi) is 5.42. The lowest BCUT2D eigenvalue weighted by molar-refractivity contribution is -0.385. The van der Waals surface area contributed by atoms with Gasteiger partial charge in [-0.15, -0.1) is 0 Å². The Bertz CT molecular complexity index is 519. The lowest BCUT2D eigenvalue weighted by atomic mass is 10.1. The standard InChI is InChI=1S/C13H23N5O3/c1-6-7-14-12-15-9(2)10(18(20)21)11(16-12)17(5)13(3,4)8-19/h19H,6-8H2,1-5H3,(H,14,15,16). The third kappa shape index (κ3) is 3.78. The number of likely N-dealkylation sites (N-methyl/N-ethyl adjacent to an activating group) is 1. The zero-order chi connectivity index (χ0) is 16.2. The second-order valence-corrected chi connectivity index (χ2v) is 5.52. The van der Waals surface area contributed by atoms with Gasteiger partial charge in [0.15, 0.2) is 0 Å². The van der Waals surface area contributed by atoms with Crippen LogP contribution in [0.1, 0.15) is 32.9 Å². The fraction of sp³-hybridized carbons (Fsp3) is 0.692. The van der Waals surface area contributed by atoms with Gasteiger partial charge in [0.1, 0.15) is 5.69 Å². The molecule has 1 heterocycles. The molecular weight excluding hydrogens is 274 g/mol. The third-order valence-electron chi connectivity index (χ3n) is 3.37. The minimum atomic E-state index is -0.673. The molecule has 0 atom stereocenters. The number of aliphatic hydroxyl groups is 1. The smallest absolute Gasteiger partial charge is 0.332 e. The van der Waals surface area contributed by atoms with Crippen molar-refractivity contribution in [3.8, 4) is 0 Å². The molecule has 118 valence electrons. The summed E-state index contributed by atoms with van der Waals surface area (Å²) in [4.78, 5) is 20.8. The molecule has 2 N–H and O–H groups in total. The molecule has 8 heteroatoms. The molecule has 0 aliphatic heterocycles. The summed E-state index contributed by atoms with van der Waals surface area (Å²) in [5.41, 5.74) is -0.515. The van der Waals surface area contributed by atoms with Crippen LogP contribution in [0.15, 0.2) is 0 Å². The van der Waals surface area contributed by atoms with Crippen molar-refractivity contribution in [2.45, 2.75) is 39.7 Å². The highest BCUT2D eigenvalue weighted by Gasteiger charge is 2.32. The van der Waals surface area contributed by atoms with Crippen LogP contribution in [0.4, 0.5) is 17.5 Å². The molecule has 21 heavy (non-hydrogen) atoms. The Morgan fingerprint density at radius 1 is 1.43 bits per heavy atom. The van der Waals surface area contributed by atoms with Crippen LogP contribution < -0.4 is 10.2 Å². The van der Waals surface area contributed by atoms with Crippen molar-refractivity contribution in [2.24, 2.45) is 0 Å². The van der Waals surface area contributed by atoms with Gasteiger partial charge in [0.05, 0.1) is 17.1 Å². The third-order valence-corrected chi connectivity index (χ3v) is 3.37. The number of nitro groups is 1. The van der Waals surface area contributed by atoms with Crippen LogP contribution in [0.25, 0.3) is 0 Å². The van der Waals surface area contributed by atoms with Crippen LogP contribution in [0, 0.1) is 17.0 Å². The Hall–Kier alpha value is -1.96. The van der Waals surface area contributed by atoms with E-state index in [-0.39, 0.29) is 18.1 Å². The van der Waals surface area contributed by atoms with Gasteiger partial charge in [-0.3, -0.25) is 10.1 Å². The van der Waals surface area contributed by atoms with Crippen LogP contribution in [-0.4, -0.2) is 45.7 Å². The normalized spacial score (nSPS) is 11.3. The second kappa shape index (κ2) is 6.66. The monoisotopic (exact) mass is 297 g/mol. The van der Waals surface area contributed by atoms with Crippen molar-refractivity contribution >= 4 is 17.5 Å². The summed E-state index contributed by atoms with van der Waals surface area (Å²) in [6.45, 7) is 7.69. The predicted molar refractivity (Wildman–Crippen MR) is 81.8 cm³/mol. The van der Waals surface area contributed by atoms with Crippen molar-refractivity contribution in [2.75, 3.05) is 30.4 Å². The summed E-state index contributed by atoms with van der Waals surface area (Å²) in [6, 6.07) is 0. The summed E-state index contributed by atoms with van der Waals surface area (Å²) < 4.78 is 0. The van der Waals surface area contributed by atoms with Crippen molar-refractivity contribution in [3.05, 3.63) is 15.8 Å². The first-order chi connectivity index (χ1) is 9.74. The molecule has 0 aliphatic carbocycles. The number of aryl methyl sites for hydroxylation is 1. The second-order valence-electron chi connectivity index (χ2n) is 5.52. The highest BCUT2D eigenvalue weighted by atomic mass is 16.6. The number of rotatable bonds is 7. The van der Waals surface area contributed by atoms with Gasteiger partial charge in [0.25, 0.3) is 0 Å². The number of hydrogen-bond acceptors (Lipinski definition) is 7. The minimum absolute atomic E-state index is 0.138. The number of aromatic nitrogens is 2. The molecule has 0 aromatic carbocycles. The van der Waals surface area contributed by atoms with Crippen molar-refractivity contribution in [3.63, 3.8) is 0 Å². The molecule has 0 aliphatic rings. The maximum absolute atomic E-state index is 11.3. The molecule has 0 unspecified atom stereocenters. The van der Waals surface area contributed by atoms with E-state index in [4.69, 9.17) is 0 Å². The minimum Gasteiger partial charge on any atom is -0.394 e. The first-order valence-corrected chi connectivity index (χ1v) is 6.86. The number of aliphatic hydroxyl groups excluding tert-OH is 1. The highest BCUT2D eigenvalue weighted by Crippen LogP contribution is 2.32. The Balaban J connectivity index is 3.37. The highest BCUT2D eigenvalue weighted by molar-refractivity contribution is 5.63. The fourth-order valence-corrected chi connectivity index (χ4v) is 1.71. The van der Waals surface area contributed by atoms with E-state index in [0.29, 0.717) is 18.2 Å². The number of hydrogen-bond donors (Lipinski definition) is 2. The first-order valence-electron chi connectivity index (χ1n) is 6.86. The molecular formula is C13H23N5O3. The number of nitrogens with zero attached hydrogens (tertiary/aromatic N) is 4. The van der Waals surface area contributed by atoms with Gasteiger partial charge in [-0.1, -0.05) is 6.92 Å². The predicted octanol–water partition coefficient (Wildman–Crippen LogP) is 1.72. The Labute approximate surface area is 124 Å². The molecule has 1 rings (SSSR count). The molecule has 0 saturated carbocycles. The molecule has 0 radical (unpaired) electrons. The fourth-order valence-electron chi connectivity index (χ4n) is 1.71. The van der Waals surface area contributed by atoms with E-state index in [1.165, 1.54) is 0 Å². The van der Waals surface area contributed by atoms with E-state index in [1.54, 1.807) is 32.7 Å². The van der Waals surface area contributed by atoms with Crippen LogP contribution in [-0.2, 0) is 0 Å². The summed E-state index contributed by atoms with van der Waals surface area (Å²) in [6.07, 6.45) is 0.896. The van der Waals surface area contributed by atoms with Gasteiger partial charge in [-0.25, -0.2) is 4.98 Å². The molecule has 0 fully saturated rings. The average Bonchev–Trinajstić information content (AvgIpc) is 2.42. The van der Waals surface area contributed by atoms with Gasteiger partial charge in [0.2, 0.25) is 11.8 Å². The number of nitrogens with one attached hydrogen (secondary N) is 1. The van der Waals surface area contributed by atoms with Crippen LogP contribution in [0.5, 0.6) is 0 Å². The average molecular weight is 297 g/mol. The van der Waals surface area contributed by atoms with Crippen LogP contribution >= 0.6 is 0 Å². The van der Waals surface area contributed by atoms with E-state index in [1.807, 2.05) is 6.92 Å². The molecule has 0 spiro atoms.